The summed E-state index contributed by atoms with van der Waals surface area (Å²) < 4.78 is 0. The Morgan fingerprint density at radius 1 is 0.931 bits per heavy atom. The number of hydrogen-bond acceptors (Lipinski definition) is 3. The summed E-state index contributed by atoms with van der Waals surface area (Å²) in [4.78, 5) is 13.5. The van der Waals surface area contributed by atoms with Crippen LogP contribution in [0.3, 0.4) is 0 Å². The lowest BCUT2D eigenvalue weighted by Gasteiger charge is -2.06. The lowest BCUT2D eigenvalue weighted by atomic mass is 10.1. The topological polar surface area (TPSA) is 41.5 Å². The van der Waals surface area contributed by atoms with Gasteiger partial charge in [0.15, 0.2) is 0 Å². The first-order chi connectivity index (χ1) is 13.9. The van der Waals surface area contributed by atoms with E-state index in [2.05, 4.69) is 10.5 Å². The van der Waals surface area contributed by atoms with Crippen molar-refractivity contribution in [3.63, 3.8) is 0 Å². The van der Waals surface area contributed by atoms with E-state index < -0.39 is 0 Å². The highest BCUT2D eigenvalue weighted by atomic mass is 35.5. The van der Waals surface area contributed by atoms with E-state index >= 15 is 0 Å². The van der Waals surface area contributed by atoms with Crippen molar-refractivity contribution in [1.82, 2.24) is 5.43 Å². The van der Waals surface area contributed by atoms with Gasteiger partial charge in [0.2, 0.25) is 0 Å². The molecule has 0 saturated carbocycles. The summed E-state index contributed by atoms with van der Waals surface area (Å²) in [6, 6.07) is 20.3. The van der Waals surface area contributed by atoms with E-state index in [9.17, 15) is 4.79 Å². The fourth-order valence-corrected chi connectivity index (χ4v) is 4.02. The van der Waals surface area contributed by atoms with E-state index in [1.165, 1.54) is 0 Å². The first kappa shape index (κ1) is 21.7. The molecule has 0 saturated heterocycles. The number of nitrogens with zero attached hydrogens (tertiary/aromatic N) is 1. The number of halogens is 3. The van der Waals surface area contributed by atoms with Crippen LogP contribution >= 0.6 is 46.6 Å². The molecule has 0 heterocycles. The third-order valence-corrected chi connectivity index (χ3v) is 5.96. The first-order valence-electron chi connectivity index (χ1n) is 8.70. The molecule has 3 nitrogen and oxygen atoms in total. The van der Waals surface area contributed by atoms with Gasteiger partial charge in [-0.3, -0.25) is 4.79 Å². The molecule has 0 aliphatic rings. The van der Waals surface area contributed by atoms with Crippen LogP contribution in [0.4, 0.5) is 0 Å². The minimum absolute atomic E-state index is 0.286. The summed E-state index contributed by atoms with van der Waals surface area (Å²) in [6.07, 6.45) is 0. The monoisotopic (exact) mass is 462 g/mol. The third kappa shape index (κ3) is 6.25. The van der Waals surface area contributed by atoms with E-state index in [1.54, 1.807) is 49.0 Å². The van der Waals surface area contributed by atoms with Crippen LogP contribution in [0, 0.1) is 0 Å². The SMILES string of the molecule is C/C(=N/NC(=O)c1ccc(CSc2ccc(Cl)cc2)cc1)c1ccc(Cl)cc1Cl. The van der Waals surface area contributed by atoms with Crippen LogP contribution in [0.2, 0.25) is 15.1 Å². The Morgan fingerprint density at radius 3 is 2.24 bits per heavy atom. The minimum Gasteiger partial charge on any atom is -0.267 e. The average Bonchev–Trinajstić information content (AvgIpc) is 2.72. The molecule has 0 bridgehead atoms. The zero-order chi connectivity index (χ0) is 20.8. The van der Waals surface area contributed by atoms with Gasteiger partial charge in [-0.1, -0.05) is 53.0 Å². The predicted octanol–water partition coefficient (Wildman–Crippen LogP) is 7.09. The van der Waals surface area contributed by atoms with Gasteiger partial charge in [-0.15, -0.1) is 11.8 Å². The zero-order valence-corrected chi connectivity index (χ0v) is 18.5. The maximum absolute atomic E-state index is 12.4. The van der Waals surface area contributed by atoms with Gasteiger partial charge >= 0.3 is 0 Å². The van der Waals surface area contributed by atoms with Crippen LogP contribution in [-0.2, 0) is 5.75 Å². The Labute approximate surface area is 189 Å². The maximum Gasteiger partial charge on any atom is 0.271 e. The molecule has 3 rings (SSSR count). The molecule has 3 aromatic rings. The van der Waals surface area contributed by atoms with Gasteiger partial charge < -0.3 is 0 Å². The Kier molecular flexibility index (Phi) is 7.62. The summed E-state index contributed by atoms with van der Waals surface area (Å²) >= 11 is 19.7. The number of benzene rings is 3. The second kappa shape index (κ2) is 10.2. The van der Waals surface area contributed by atoms with E-state index in [1.807, 2.05) is 36.4 Å². The molecule has 0 atom stereocenters. The van der Waals surface area contributed by atoms with Crippen LogP contribution in [0.15, 0.2) is 76.7 Å². The van der Waals surface area contributed by atoms with E-state index in [4.69, 9.17) is 34.8 Å². The van der Waals surface area contributed by atoms with Crippen molar-refractivity contribution in [2.24, 2.45) is 5.10 Å². The lowest BCUT2D eigenvalue weighted by Crippen LogP contribution is -2.19. The zero-order valence-electron chi connectivity index (χ0n) is 15.5. The van der Waals surface area contributed by atoms with E-state index in [0.717, 1.165) is 21.2 Å². The van der Waals surface area contributed by atoms with Crippen molar-refractivity contribution in [2.75, 3.05) is 0 Å². The fourth-order valence-electron chi connectivity index (χ4n) is 2.49. The second-order valence-corrected chi connectivity index (χ2v) is 8.53. The van der Waals surface area contributed by atoms with Crippen molar-refractivity contribution in [3.05, 3.63) is 98.5 Å². The number of nitrogens with one attached hydrogen (secondary N) is 1. The molecule has 0 aliphatic heterocycles. The molecule has 148 valence electrons. The van der Waals surface area contributed by atoms with Crippen LogP contribution in [-0.4, -0.2) is 11.6 Å². The normalized spacial score (nSPS) is 11.4. The number of carbonyl (C=O) groups excluding carboxylic acids is 1. The molecule has 0 spiro atoms. The van der Waals surface area contributed by atoms with Gasteiger partial charge in [0, 0.05) is 31.8 Å². The molecule has 0 unspecified atom stereocenters. The quantitative estimate of drug-likeness (QED) is 0.241. The number of rotatable bonds is 6. The molecule has 1 N–H and O–H groups in total. The first-order valence-corrected chi connectivity index (χ1v) is 10.8. The summed E-state index contributed by atoms with van der Waals surface area (Å²) in [7, 11) is 0. The molecule has 0 aromatic heterocycles. The molecule has 0 radical (unpaired) electrons. The number of hydrazone groups is 1. The maximum atomic E-state index is 12.4. The van der Waals surface area contributed by atoms with Gasteiger partial charge in [-0.05, 0) is 61.0 Å². The van der Waals surface area contributed by atoms with E-state index in [0.29, 0.717) is 26.9 Å². The highest BCUT2D eigenvalue weighted by molar-refractivity contribution is 7.98. The van der Waals surface area contributed by atoms with Gasteiger partial charge in [-0.25, -0.2) is 5.43 Å². The summed E-state index contributed by atoms with van der Waals surface area (Å²) in [5.74, 6) is 0.516. The lowest BCUT2D eigenvalue weighted by molar-refractivity contribution is 0.0955. The Bertz CT molecular complexity index is 1030. The van der Waals surface area contributed by atoms with Gasteiger partial charge in [0.1, 0.15) is 0 Å². The summed E-state index contributed by atoms with van der Waals surface area (Å²) in [6.45, 7) is 1.77. The number of thioether (sulfide) groups is 1. The van der Waals surface area contributed by atoms with Crippen molar-refractivity contribution in [3.8, 4) is 0 Å². The Hall–Kier alpha value is -1.98. The molecule has 29 heavy (non-hydrogen) atoms. The average molecular weight is 464 g/mol. The molecule has 3 aromatic carbocycles. The van der Waals surface area contributed by atoms with Gasteiger partial charge in [0.25, 0.3) is 5.91 Å². The van der Waals surface area contributed by atoms with Gasteiger partial charge in [0.05, 0.1) is 10.7 Å². The molecular weight excluding hydrogens is 447 g/mol. The fraction of sp³-hybridized carbons (Fsp3) is 0.0909. The Balaban J connectivity index is 1.59. The van der Waals surface area contributed by atoms with Crippen LogP contribution in [0.5, 0.6) is 0 Å². The molecular formula is C22H17Cl3N2OS. The molecule has 0 aliphatic carbocycles. The molecule has 0 fully saturated rings. The second-order valence-electron chi connectivity index (χ2n) is 6.20. The largest absolute Gasteiger partial charge is 0.271 e. The van der Waals surface area contributed by atoms with Crippen molar-refractivity contribution < 1.29 is 4.79 Å². The van der Waals surface area contributed by atoms with Crippen LogP contribution in [0.1, 0.15) is 28.4 Å². The Morgan fingerprint density at radius 2 is 1.59 bits per heavy atom. The number of hydrogen-bond donors (Lipinski definition) is 1. The molecule has 1 amide bonds. The number of amides is 1. The van der Waals surface area contributed by atoms with E-state index in [-0.39, 0.29) is 5.91 Å². The third-order valence-electron chi connectivity index (χ3n) is 4.08. The standard InChI is InChI=1S/C22H17Cl3N2OS/c1-14(20-11-8-18(24)12-21(20)25)26-27-22(28)16-4-2-15(3-5-16)13-29-19-9-6-17(23)7-10-19/h2-12H,13H2,1H3,(H,27,28)/b26-14-. The highest BCUT2D eigenvalue weighted by Crippen LogP contribution is 2.24. The number of carbonyl (C=O) groups is 1. The minimum atomic E-state index is -0.286. The van der Waals surface area contributed by atoms with Crippen molar-refractivity contribution >= 4 is 58.2 Å². The highest BCUT2D eigenvalue weighted by Gasteiger charge is 2.08. The van der Waals surface area contributed by atoms with Crippen LogP contribution < -0.4 is 5.43 Å². The molecule has 7 heteroatoms. The van der Waals surface area contributed by atoms with Gasteiger partial charge in [-0.2, -0.15) is 5.10 Å². The summed E-state index contributed by atoms with van der Waals surface area (Å²) in [5.41, 5.74) is 5.52. The van der Waals surface area contributed by atoms with Crippen LogP contribution in [0.25, 0.3) is 0 Å². The smallest absolute Gasteiger partial charge is 0.267 e. The van der Waals surface area contributed by atoms with Crippen molar-refractivity contribution in [2.45, 2.75) is 17.6 Å². The summed E-state index contributed by atoms with van der Waals surface area (Å²) in [5, 5.41) is 5.89. The van der Waals surface area contributed by atoms with Crippen molar-refractivity contribution in [1.29, 1.82) is 0 Å². The predicted molar refractivity (Wildman–Crippen MR) is 124 cm³/mol.